The van der Waals surface area contributed by atoms with Crippen LogP contribution in [0.1, 0.15) is 29.7 Å². The average Bonchev–Trinajstić information content (AvgIpc) is 3.07. The lowest BCUT2D eigenvalue weighted by molar-refractivity contribution is -0.384. The van der Waals surface area contributed by atoms with Gasteiger partial charge >= 0.3 is 5.97 Å². The van der Waals surface area contributed by atoms with Crippen molar-refractivity contribution in [1.82, 2.24) is 4.57 Å². The van der Waals surface area contributed by atoms with Crippen molar-refractivity contribution < 1.29 is 14.5 Å². The molecule has 0 spiro atoms. The molecular formula is C23H18ClN3O5S. The minimum absolute atomic E-state index is 0.0454. The van der Waals surface area contributed by atoms with Crippen molar-refractivity contribution >= 4 is 40.7 Å². The van der Waals surface area contributed by atoms with E-state index in [1.54, 1.807) is 19.1 Å². The minimum atomic E-state index is -0.954. The Kier molecular flexibility index (Phi) is 6.01. The molecule has 0 bridgehead atoms. The monoisotopic (exact) mass is 483 g/mol. The van der Waals surface area contributed by atoms with E-state index in [0.717, 1.165) is 11.1 Å². The highest BCUT2D eigenvalue weighted by Crippen LogP contribution is 2.34. The number of nitrogens with zero attached hydrogens (tertiary/aromatic N) is 3. The number of aryl methyl sites for hydroxylation is 1. The van der Waals surface area contributed by atoms with Crippen LogP contribution in [-0.2, 0) is 9.53 Å². The Morgan fingerprint density at radius 3 is 2.70 bits per heavy atom. The summed E-state index contributed by atoms with van der Waals surface area (Å²) in [6.45, 7) is 3.60. The number of carbonyl (C=O) groups excluding carboxylic acids is 1. The summed E-state index contributed by atoms with van der Waals surface area (Å²) in [6, 6.07) is 10.9. The molecule has 10 heteroatoms. The van der Waals surface area contributed by atoms with Crippen LogP contribution >= 0.6 is 22.9 Å². The Balaban J connectivity index is 2.01. The smallest absolute Gasteiger partial charge is 0.338 e. The molecule has 0 fully saturated rings. The van der Waals surface area contributed by atoms with E-state index in [4.69, 9.17) is 16.3 Å². The van der Waals surface area contributed by atoms with E-state index in [1.807, 2.05) is 31.2 Å². The first-order valence-electron chi connectivity index (χ1n) is 9.82. The Bertz CT molecular complexity index is 1520. The van der Waals surface area contributed by atoms with Gasteiger partial charge in [0, 0.05) is 6.07 Å². The number of nitro groups is 1. The molecule has 1 aliphatic rings. The van der Waals surface area contributed by atoms with Crippen LogP contribution in [0.5, 0.6) is 0 Å². The Labute approximate surface area is 196 Å². The lowest BCUT2D eigenvalue weighted by atomic mass is 9.95. The van der Waals surface area contributed by atoms with Crippen LogP contribution in [0.3, 0.4) is 0 Å². The summed E-state index contributed by atoms with van der Waals surface area (Å²) < 4.78 is 6.74. The summed E-state index contributed by atoms with van der Waals surface area (Å²) in [7, 11) is 1.23. The van der Waals surface area contributed by atoms with Gasteiger partial charge in [-0.1, -0.05) is 58.8 Å². The van der Waals surface area contributed by atoms with Crippen LogP contribution in [0.25, 0.3) is 6.08 Å². The number of hydrogen-bond acceptors (Lipinski definition) is 7. The number of carbonyl (C=O) groups is 1. The molecule has 4 rings (SSSR count). The fourth-order valence-corrected chi connectivity index (χ4v) is 4.99. The fraction of sp³-hybridized carbons (Fsp3) is 0.174. The van der Waals surface area contributed by atoms with Gasteiger partial charge in [-0.05, 0) is 37.1 Å². The van der Waals surface area contributed by atoms with Gasteiger partial charge in [-0.25, -0.2) is 9.79 Å². The van der Waals surface area contributed by atoms with Crippen molar-refractivity contribution in [3.05, 3.63) is 105 Å². The van der Waals surface area contributed by atoms with Crippen LogP contribution in [0.2, 0.25) is 5.02 Å². The zero-order valence-corrected chi connectivity index (χ0v) is 19.4. The first-order chi connectivity index (χ1) is 15.7. The maximum absolute atomic E-state index is 13.5. The molecule has 2 heterocycles. The molecule has 0 saturated carbocycles. The van der Waals surface area contributed by atoms with Crippen molar-refractivity contribution in [3.8, 4) is 0 Å². The SMILES string of the molecule is COC(=O)C1=C(C)N=c2sc(=Cc3cccc(C)c3)c(=O)n2C1c1ccc(Cl)c([N+](=O)[O-])c1. The van der Waals surface area contributed by atoms with Crippen molar-refractivity contribution in [2.45, 2.75) is 19.9 Å². The number of rotatable bonds is 4. The van der Waals surface area contributed by atoms with Crippen LogP contribution < -0.4 is 14.9 Å². The van der Waals surface area contributed by atoms with Gasteiger partial charge in [0.15, 0.2) is 4.80 Å². The quantitative estimate of drug-likeness (QED) is 0.322. The topological polar surface area (TPSA) is 104 Å². The van der Waals surface area contributed by atoms with E-state index in [1.165, 1.54) is 35.1 Å². The number of allylic oxidation sites excluding steroid dienone is 1. The molecule has 1 unspecified atom stereocenters. The molecule has 1 aliphatic heterocycles. The molecule has 33 heavy (non-hydrogen) atoms. The second kappa shape index (κ2) is 8.76. The number of methoxy groups -OCH3 is 1. The van der Waals surface area contributed by atoms with E-state index in [9.17, 15) is 19.7 Å². The first-order valence-corrected chi connectivity index (χ1v) is 11.0. The average molecular weight is 484 g/mol. The van der Waals surface area contributed by atoms with Gasteiger partial charge in [-0.3, -0.25) is 19.5 Å². The maximum Gasteiger partial charge on any atom is 0.338 e. The Hall–Kier alpha value is -3.56. The van der Waals surface area contributed by atoms with E-state index in [-0.39, 0.29) is 21.8 Å². The summed E-state index contributed by atoms with van der Waals surface area (Å²) in [5.74, 6) is -0.674. The molecule has 0 N–H and O–H groups in total. The summed E-state index contributed by atoms with van der Waals surface area (Å²) in [4.78, 5) is 41.9. The van der Waals surface area contributed by atoms with Crippen molar-refractivity contribution in [3.63, 3.8) is 0 Å². The number of benzene rings is 2. The number of aromatic nitrogens is 1. The molecule has 1 atom stereocenters. The van der Waals surface area contributed by atoms with Gasteiger partial charge in [0.05, 0.1) is 33.9 Å². The van der Waals surface area contributed by atoms with Crippen LogP contribution in [0.15, 0.2) is 63.5 Å². The predicted octanol–water partition coefficient (Wildman–Crippen LogP) is 3.28. The van der Waals surface area contributed by atoms with Crippen molar-refractivity contribution in [2.75, 3.05) is 7.11 Å². The summed E-state index contributed by atoms with van der Waals surface area (Å²) >= 11 is 7.17. The summed E-state index contributed by atoms with van der Waals surface area (Å²) in [6.07, 6.45) is 1.76. The second-order valence-corrected chi connectivity index (χ2v) is 8.87. The molecule has 168 valence electrons. The third-order valence-corrected chi connectivity index (χ3v) is 6.55. The maximum atomic E-state index is 13.5. The number of ether oxygens (including phenoxy) is 1. The predicted molar refractivity (Wildman–Crippen MR) is 125 cm³/mol. The van der Waals surface area contributed by atoms with E-state index < -0.39 is 16.9 Å². The van der Waals surface area contributed by atoms with Crippen LogP contribution in [-0.4, -0.2) is 22.6 Å². The fourth-order valence-electron chi connectivity index (χ4n) is 3.76. The summed E-state index contributed by atoms with van der Waals surface area (Å²) in [5, 5.41) is 11.4. The lowest BCUT2D eigenvalue weighted by Gasteiger charge is -2.24. The van der Waals surface area contributed by atoms with Crippen molar-refractivity contribution in [2.24, 2.45) is 4.99 Å². The van der Waals surface area contributed by atoms with Crippen molar-refractivity contribution in [1.29, 1.82) is 0 Å². The van der Waals surface area contributed by atoms with E-state index in [0.29, 0.717) is 20.6 Å². The lowest BCUT2D eigenvalue weighted by Crippen LogP contribution is -2.39. The molecule has 1 aromatic heterocycles. The number of hydrogen-bond donors (Lipinski definition) is 0. The normalized spacial score (nSPS) is 15.8. The molecule has 2 aromatic carbocycles. The second-order valence-electron chi connectivity index (χ2n) is 7.46. The zero-order chi connectivity index (χ0) is 23.9. The first kappa shape index (κ1) is 22.6. The standard InChI is InChI=1S/C23H18ClN3O5S/c1-12-5-4-6-14(9-12)10-18-21(28)26-20(15-7-8-16(24)17(11-15)27(30)31)19(22(29)32-3)13(2)25-23(26)33-18/h4-11,20H,1-3H3. The highest BCUT2D eigenvalue weighted by Gasteiger charge is 2.34. The van der Waals surface area contributed by atoms with Crippen LogP contribution in [0.4, 0.5) is 5.69 Å². The largest absolute Gasteiger partial charge is 0.466 e. The van der Waals surface area contributed by atoms with Gasteiger partial charge < -0.3 is 4.74 Å². The highest BCUT2D eigenvalue weighted by atomic mass is 35.5. The van der Waals surface area contributed by atoms with Gasteiger partial charge in [0.1, 0.15) is 5.02 Å². The van der Waals surface area contributed by atoms with Crippen LogP contribution in [0, 0.1) is 17.0 Å². The molecule has 0 amide bonds. The number of nitro benzene ring substituents is 1. The molecular weight excluding hydrogens is 466 g/mol. The minimum Gasteiger partial charge on any atom is -0.466 e. The number of halogens is 1. The third kappa shape index (κ3) is 4.12. The Morgan fingerprint density at radius 1 is 1.27 bits per heavy atom. The number of fused-ring (bicyclic) bond motifs is 1. The van der Waals surface area contributed by atoms with Gasteiger partial charge in [-0.2, -0.15) is 0 Å². The number of thiazole rings is 1. The van der Waals surface area contributed by atoms with Gasteiger partial charge in [0.25, 0.3) is 11.2 Å². The molecule has 3 aromatic rings. The Morgan fingerprint density at radius 2 is 2.03 bits per heavy atom. The molecule has 0 radical (unpaired) electrons. The molecule has 0 saturated heterocycles. The van der Waals surface area contributed by atoms with E-state index in [2.05, 4.69) is 4.99 Å². The third-order valence-electron chi connectivity index (χ3n) is 5.25. The highest BCUT2D eigenvalue weighted by molar-refractivity contribution is 7.07. The summed E-state index contributed by atoms with van der Waals surface area (Å²) in [5.41, 5.74) is 2.06. The van der Waals surface area contributed by atoms with Gasteiger partial charge in [0.2, 0.25) is 0 Å². The van der Waals surface area contributed by atoms with E-state index >= 15 is 0 Å². The number of esters is 1. The zero-order valence-electron chi connectivity index (χ0n) is 17.9. The van der Waals surface area contributed by atoms with Gasteiger partial charge in [-0.15, -0.1) is 0 Å². The molecule has 8 nitrogen and oxygen atoms in total. The molecule has 0 aliphatic carbocycles.